The average Bonchev–Trinajstić information content (AvgIpc) is 2.95. The number of rotatable bonds is 6. The van der Waals surface area contributed by atoms with Gasteiger partial charge < -0.3 is 10.3 Å². The highest BCUT2D eigenvalue weighted by Crippen LogP contribution is 2.26. The third-order valence-electron chi connectivity index (χ3n) is 4.81. The van der Waals surface area contributed by atoms with Gasteiger partial charge in [0.05, 0.1) is 12.1 Å². The van der Waals surface area contributed by atoms with Gasteiger partial charge in [-0.3, -0.25) is 9.63 Å². The molecule has 25 heavy (non-hydrogen) atoms. The Kier molecular flexibility index (Phi) is 5.71. The number of nitrogens with zero attached hydrogens (tertiary/aromatic N) is 1. The molecule has 2 aromatic rings. The predicted molar refractivity (Wildman–Crippen MR) is 95.6 cm³/mol. The number of nitrogens with one attached hydrogen (secondary N) is 2. The maximum atomic E-state index is 14.0. The van der Waals surface area contributed by atoms with Crippen LogP contribution in [0.4, 0.5) is 4.39 Å². The van der Waals surface area contributed by atoms with E-state index in [9.17, 15) is 9.18 Å². The van der Waals surface area contributed by atoms with Crippen LogP contribution in [0.1, 0.15) is 43.0 Å². The van der Waals surface area contributed by atoms with Crippen molar-refractivity contribution in [3.05, 3.63) is 34.8 Å². The maximum absolute atomic E-state index is 14.0. The number of aromatic amines is 1. The number of hydrogen-bond acceptors (Lipinski definition) is 3. The van der Waals surface area contributed by atoms with E-state index in [0.717, 1.165) is 60.1 Å². The average molecular weight is 347 g/mol. The quantitative estimate of drug-likeness (QED) is 0.844. The van der Waals surface area contributed by atoms with Crippen LogP contribution in [0, 0.1) is 12.7 Å². The van der Waals surface area contributed by atoms with E-state index in [0.29, 0.717) is 19.5 Å². The summed E-state index contributed by atoms with van der Waals surface area (Å²) >= 11 is 0. The van der Waals surface area contributed by atoms with Gasteiger partial charge in [-0.15, -0.1) is 0 Å². The Hall–Kier alpha value is -1.92. The lowest BCUT2D eigenvalue weighted by Gasteiger charge is -2.25. The van der Waals surface area contributed by atoms with Crippen LogP contribution in [0.25, 0.3) is 10.9 Å². The highest BCUT2D eigenvalue weighted by atomic mass is 19.1. The third-order valence-corrected chi connectivity index (χ3v) is 4.81. The van der Waals surface area contributed by atoms with Gasteiger partial charge in [0, 0.05) is 37.1 Å². The standard InChI is InChI=1S/C19H26FN3O2/c1-3-17-13(2)16-11-15(20)10-14(19(16)22-17)12-21-18(24)6-8-23-7-4-5-9-25-23/h10-11,22H,3-9,12H2,1-2H3,(H,21,24). The van der Waals surface area contributed by atoms with Crippen LogP contribution >= 0.6 is 0 Å². The van der Waals surface area contributed by atoms with Crippen molar-refractivity contribution in [2.45, 2.75) is 46.1 Å². The zero-order valence-electron chi connectivity index (χ0n) is 15.0. The molecule has 0 bridgehead atoms. The van der Waals surface area contributed by atoms with E-state index in [-0.39, 0.29) is 11.7 Å². The first-order valence-electron chi connectivity index (χ1n) is 9.02. The normalized spacial score (nSPS) is 15.6. The molecule has 2 N–H and O–H groups in total. The van der Waals surface area contributed by atoms with Crippen LogP contribution in [-0.2, 0) is 22.6 Å². The molecule has 1 aliphatic rings. The molecule has 0 saturated carbocycles. The minimum Gasteiger partial charge on any atom is -0.358 e. The van der Waals surface area contributed by atoms with Gasteiger partial charge in [0.2, 0.25) is 5.91 Å². The number of aryl methyl sites for hydroxylation is 2. The summed E-state index contributed by atoms with van der Waals surface area (Å²) in [6, 6.07) is 3.05. The zero-order chi connectivity index (χ0) is 17.8. The summed E-state index contributed by atoms with van der Waals surface area (Å²) in [6.45, 7) is 6.58. The van der Waals surface area contributed by atoms with Gasteiger partial charge in [0.15, 0.2) is 0 Å². The van der Waals surface area contributed by atoms with Crippen molar-refractivity contribution in [1.82, 2.24) is 15.4 Å². The minimum absolute atomic E-state index is 0.0504. The summed E-state index contributed by atoms with van der Waals surface area (Å²) in [6.07, 6.45) is 3.43. The van der Waals surface area contributed by atoms with E-state index in [1.54, 1.807) is 6.07 Å². The molecule has 0 aliphatic carbocycles. The molecule has 0 spiro atoms. The van der Waals surface area contributed by atoms with Crippen LogP contribution in [0.5, 0.6) is 0 Å². The molecular formula is C19H26FN3O2. The Balaban J connectivity index is 1.63. The van der Waals surface area contributed by atoms with Gasteiger partial charge >= 0.3 is 0 Å². The number of amides is 1. The van der Waals surface area contributed by atoms with Gasteiger partial charge in [0.25, 0.3) is 0 Å². The highest BCUT2D eigenvalue weighted by Gasteiger charge is 2.14. The molecule has 136 valence electrons. The number of fused-ring (bicyclic) bond motifs is 1. The molecule has 3 rings (SSSR count). The highest BCUT2D eigenvalue weighted by molar-refractivity contribution is 5.87. The van der Waals surface area contributed by atoms with E-state index in [1.807, 2.05) is 12.0 Å². The molecule has 1 aromatic carbocycles. The van der Waals surface area contributed by atoms with Crippen molar-refractivity contribution in [2.75, 3.05) is 19.7 Å². The topological polar surface area (TPSA) is 57.4 Å². The molecule has 0 atom stereocenters. The second-order valence-corrected chi connectivity index (χ2v) is 6.57. The fourth-order valence-corrected chi connectivity index (χ4v) is 3.34. The predicted octanol–water partition coefficient (Wildman–Crippen LogP) is 3.21. The van der Waals surface area contributed by atoms with Crippen molar-refractivity contribution in [1.29, 1.82) is 0 Å². The minimum atomic E-state index is -0.275. The van der Waals surface area contributed by atoms with Gasteiger partial charge in [-0.05, 0) is 49.4 Å². The summed E-state index contributed by atoms with van der Waals surface area (Å²) < 4.78 is 14.0. The summed E-state index contributed by atoms with van der Waals surface area (Å²) in [5.74, 6) is -0.325. The van der Waals surface area contributed by atoms with Gasteiger partial charge in [0.1, 0.15) is 5.82 Å². The molecule has 1 aliphatic heterocycles. The van der Waals surface area contributed by atoms with E-state index < -0.39 is 0 Å². The summed E-state index contributed by atoms with van der Waals surface area (Å²) in [5.41, 5.74) is 3.87. The Labute approximate surface area is 147 Å². The zero-order valence-corrected chi connectivity index (χ0v) is 15.0. The molecular weight excluding hydrogens is 321 g/mol. The van der Waals surface area contributed by atoms with E-state index in [4.69, 9.17) is 4.84 Å². The van der Waals surface area contributed by atoms with E-state index >= 15 is 0 Å². The second kappa shape index (κ2) is 7.97. The van der Waals surface area contributed by atoms with Gasteiger partial charge in [-0.25, -0.2) is 4.39 Å². The van der Waals surface area contributed by atoms with Gasteiger partial charge in [-0.1, -0.05) is 6.92 Å². The summed E-state index contributed by atoms with van der Waals surface area (Å²) in [7, 11) is 0. The van der Waals surface area contributed by atoms with Crippen LogP contribution in [0.2, 0.25) is 0 Å². The van der Waals surface area contributed by atoms with E-state index in [1.165, 1.54) is 6.07 Å². The molecule has 1 fully saturated rings. The molecule has 1 amide bonds. The first-order valence-corrected chi connectivity index (χ1v) is 9.02. The SMILES string of the molecule is CCc1[nH]c2c(CNC(=O)CCN3CCCCO3)cc(F)cc2c1C. The first-order chi connectivity index (χ1) is 12.1. The van der Waals surface area contributed by atoms with Crippen molar-refractivity contribution in [3.8, 4) is 0 Å². The number of H-pyrrole nitrogens is 1. The van der Waals surface area contributed by atoms with Crippen molar-refractivity contribution >= 4 is 16.8 Å². The number of aromatic nitrogens is 1. The lowest BCUT2D eigenvalue weighted by molar-refractivity contribution is -0.181. The monoisotopic (exact) mass is 347 g/mol. The van der Waals surface area contributed by atoms with Gasteiger partial charge in [-0.2, -0.15) is 5.06 Å². The largest absolute Gasteiger partial charge is 0.358 e. The fraction of sp³-hybridized carbons (Fsp3) is 0.526. The first kappa shape index (κ1) is 17.9. The van der Waals surface area contributed by atoms with Crippen LogP contribution in [-0.4, -0.2) is 35.7 Å². The molecule has 0 radical (unpaired) electrons. The fourth-order valence-electron chi connectivity index (χ4n) is 3.34. The van der Waals surface area contributed by atoms with E-state index in [2.05, 4.69) is 17.2 Å². The Morgan fingerprint density at radius 1 is 1.40 bits per heavy atom. The molecule has 1 aromatic heterocycles. The third kappa shape index (κ3) is 4.19. The molecule has 1 saturated heterocycles. The van der Waals surface area contributed by atoms with Crippen molar-refractivity contribution < 1.29 is 14.0 Å². The maximum Gasteiger partial charge on any atom is 0.221 e. The lowest BCUT2D eigenvalue weighted by Crippen LogP contribution is -2.34. The summed E-state index contributed by atoms with van der Waals surface area (Å²) in [5, 5.41) is 5.64. The van der Waals surface area contributed by atoms with Crippen molar-refractivity contribution in [3.63, 3.8) is 0 Å². The molecule has 6 heteroatoms. The molecule has 2 heterocycles. The van der Waals surface area contributed by atoms with Crippen LogP contribution in [0.15, 0.2) is 12.1 Å². The lowest BCUT2D eigenvalue weighted by atomic mass is 10.1. The number of carbonyl (C=O) groups is 1. The number of halogens is 1. The number of hydrogen-bond donors (Lipinski definition) is 2. The summed E-state index contributed by atoms with van der Waals surface area (Å²) in [4.78, 5) is 21.0. The smallest absolute Gasteiger partial charge is 0.221 e. The Morgan fingerprint density at radius 3 is 2.96 bits per heavy atom. The van der Waals surface area contributed by atoms with Crippen LogP contribution < -0.4 is 5.32 Å². The number of carbonyl (C=O) groups excluding carboxylic acids is 1. The number of benzene rings is 1. The second-order valence-electron chi connectivity index (χ2n) is 6.57. The molecule has 0 unspecified atom stereocenters. The van der Waals surface area contributed by atoms with Crippen LogP contribution in [0.3, 0.4) is 0 Å². The Morgan fingerprint density at radius 2 is 2.24 bits per heavy atom. The van der Waals surface area contributed by atoms with Crippen molar-refractivity contribution in [2.24, 2.45) is 0 Å². The Bertz CT molecular complexity index is 751. The molecule has 5 nitrogen and oxygen atoms in total. The number of hydroxylamine groups is 2.